The van der Waals surface area contributed by atoms with Crippen LogP contribution in [0.4, 0.5) is 0 Å². The van der Waals surface area contributed by atoms with Crippen molar-refractivity contribution in [3.8, 4) is 23.0 Å². The Morgan fingerprint density at radius 3 is 2.76 bits per heavy atom. The van der Waals surface area contributed by atoms with Gasteiger partial charge in [0.05, 0.1) is 23.7 Å². The highest BCUT2D eigenvalue weighted by Crippen LogP contribution is 2.41. The zero-order valence-corrected chi connectivity index (χ0v) is 18.3. The van der Waals surface area contributed by atoms with E-state index in [1.807, 2.05) is 13.0 Å². The average molecular weight is 451 g/mol. The van der Waals surface area contributed by atoms with Gasteiger partial charge >= 0.3 is 5.97 Å². The van der Waals surface area contributed by atoms with Crippen molar-refractivity contribution in [1.29, 1.82) is 0 Å². The van der Waals surface area contributed by atoms with Crippen molar-refractivity contribution in [2.75, 3.05) is 26.5 Å². The summed E-state index contributed by atoms with van der Waals surface area (Å²) >= 11 is 0. The van der Waals surface area contributed by atoms with Crippen LogP contribution in [0.15, 0.2) is 36.1 Å². The molecule has 0 aliphatic carbocycles. The molecule has 0 atom stereocenters. The Balaban J connectivity index is 1.33. The zero-order valence-electron chi connectivity index (χ0n) is 18.3. The van der Waals surface area contributed by atoms with Gasteiger partial charge in [-0.2, -0.15) is 0 Å². The number of carbonyl (C=O) groups excluding carboxylic acids is 2. The van der Waals surface area contributed by atoms with Crippen LogP contribution in [0.1, 0.15) is 41.3 Å². The summed E-state index contributed by atoms with van der Waals surface area (Å²) < 4.78 is 21.8. The van der Waals surface area contributed by atoms with Crippen molar-refractivity contribution in [3.05, 3.63) is 52.8 Å². The minimum absolute atomic E-state index is 0.0818. The highest BCUT2D eigenvalue weighted by molar-refractivity contribution is 6.15. The molecule has 0 radical (unpaired) electrons. The van der Waals surface area contributed by atoms with Crippen molar-refractivity contribution in [2.45, 2.75) is 26.3 Å². The second-order valence-corrected chi connectivity index (χ2v) is 8.29. The predicted octanol–water partition coefficient (Wildman–Crippen LogP) is 3.51. The predicted molar refractivity (Wildman–Crippen MR) is 118 cm³/mol. The third-order valence-corrected chi connectivity index (χ3v) is 6.20. The molecule has 0 spiro atoms. The second kappa shape index (κ2) is 8.78. The highest BCUT2D eigenvalue weighted by Gasteiger charge is 2.33. The SMILES string of the molecule is CCOC(=O)C1CCN(Cc2c(O)ccc3c2O/C(=C/c2ccc4c(c2)OCO4)C3=O)CC1. The molecule has 2 aromatic carbocycles. The fraction of sp³-hybridized carbons (Fsp3) is 0.360. The minimum atomic E-state index is -0.232. The van der Waals surface area contributed by atoms with Crippen LogP contribution in [-0.4, -0.2) is 48.2 Å². The molecule has 0 aromatic heterocycles. The number of piperidine rings is 1. The monoisotopic (exact) mass is 451 g/mol. The number of nitrogens with zero attached hydrogens (tertiary/aromatic N) is 1. The summed E-state index contributed by atoms with van der Waals surface area (Å²) in [5.74, 6) is 1.48. The van der Waals surface area contributed by atoms with Gasteiger partial charge in [-0.05, 0) is 68.8 Å². The lowest BCUT2D eigenvalue weighted by molar-refractivity contribution is -0.149. The van der Waals surface area contributed by atoms with Gasteiger partial charge in [-0.3, -0.25) is 14.5 Å². The Morgan fingerprint density at radius 2 is 1.97 bits per heavy atom. The first-order chi connectivity index (χ1) is 16.0. The summed E-state index contributed by atoms with van der Waals surface area (Å²) in [7, 11) is 0. The summed E-state index contributed by atoms with van der Waals surface area (Å²) in [5, 5.41) is 10.5. The maximum Gasteiger partial charge on any atom is 0.309 e. The first-order valence-corrected chi connectivity index (χ1v) is 11.1. The van der Waals surface area contributed by atoms with Crippen LogP contribution in [0.25, 0.3) is 6.08 Å². The lowest BCUT2D eigenvalue weighted by atomic mass is 9.96. The largest absolute Gasteiger partial charge is 0.507 e. The Hall–Kier alpha value is -3.52. The number of aromatic hydroxyl groups is 1. The van der Waals surface area contributed by atoms with Crippen molar-refractivity contribution in [3.63, 3.8) is 0 Å². The van der Waals surface area contributed by atoms with Gasteiger partial charge in [0.2, 0.25) is 12.6 Å². The maximum atomic E-state index is 13.0. The molecular formula is C25H25NO7. The van der Waals surface area contributed by atoms with E-state index in [2.05, 4.69) is 4.90 Å². The summed E-state index contributed by atoms with van der Waals surface area (Å²) in [6.45, 7) is 4.19. The first kappa shape index (κ1) is 21.3. The molecule has 8 heteroatoms. The number of Topliss-reactive ketones (excluding diaryl/α,β-unsaturated/α-hetero) is 1. The normalized spacial score (nSPS) is 18.9. The van der Waals surface area contributed by atoms with E-state index in [4.69, 9.17) is 18.9 Å². The minimum Gasteiger partial charge on any atom is -0.507 e. The van der Waals surface area contributed by atoms with Gasteiger partial charge in [-0.15, -0.1) is 0 Å². The van der Waals surface area contributed by atoms with E-state index < -0.39 is 0 Å². The second-order valence-electron chi connectivity index (χ2n) is 8.29. The van der Waals surface area contributed by atoms with Gasteiger partial charge < -0.3 is 24.1 Å². The molecule has 1 fully saturated rings. The number of fused-ring (bicyclic) bond motifs is 2. The Labute approximate surface area is 191 Å². The van der Waals surface area contributed by atoms with Gasteiger partial charge in [-0.25, -0.2) is 0 Å². The molecule has 1 saturated heterocycles. The number of ketones is 1. The quantitative estimate of drug-likeness (QED) is 0.545. The van der Waals surface area contributed by atoms with E-state index in [1.54, 1.807) is 24.3 Å². The summed E-state index contributed by atoms with van der Waals surface area (Å²) in [6.07, 6.45) is 3.06. The van der Waals surface area contributed by atoms with Crippen molar-refractivity contribution in [1.82, 2.24) is 4.90 Å². The molecule has 3 heterocycles. The number of allylic oxidation sites excluding steroid dienone is 1. The number of esters is 1. The molecule has 0 bridgehead atoms. The van der Waals surface area contributed by atoms with Crippen LogP contribution in [0.2, 0.25) is 0 Å². The smallest absolute Gasteiger partial charge is 0.309 e. The fourth-order valence-corrected chi connectivity index (χ4v) is 4.41. The van der Waals surface area contributed by atoms with Crippen LogP contribution in [0.3, 0.4) is 0 Å². The Bertz CT molecular complexity index is 1130. The van der Waals surface area contributed by atoms with E-state index in [0.29, 0.717) is 67.5 Å². The number of ether oxygens (including phenoxy) is 4. The van der Waals surface area contributed by atoms with Crippen molar-refractivity contribution < 1.29 is 33.6 Å². The van der Waals surface area contributed by atoms with Crippen LogP contribution < -0.4 is 14.2 Å². The highest BCUT2D eigenvalue weighted by atomic mass is 16.7. The van der Waals surface area contributed by atoms with E-state index in [-0.39, 0.29) is 36.0 Å². The molecule has 0 saturated carbocycles. The number of rotatable bonds is 5. The third kappa shape index (κ3) is 4.14. The van der Waals surface area contributed by atoms with Gasteiger partial charge in [0.25, 0.3) is 0 Å². The number of carbonyl (C=O) groups is 2. The third-order valence-electron chi connectivity index (χ3n) is 6.20. The molecule has 0 amide bonds. The Kier molecular flexibility index (Phi) is 5.68. The summed E-state index contributed by atoms with van der Waals surface area (Å²) in [6, 6.07) is 8.53. The lowest BCUT2D eigenvalue weighted by Crippen LogP contribution is -2.36. The fourth-order valence-electron chi connectivity index (χ4n) is 4.41. The standard InChI is InChI=1S/C25H25NO7/c1-2-30-25(29)16-7-9-26(10-8-16)13-18-19(27)5-4-17-23(28)22(33-24(17)18)12-15-3-6-20-21(11-15)32-14-31-20/h3-6,11-12,16,27H,2,7-10,13-14H2,1H3/b22-12+. The molecule has 5 rings (SSSR count). The molecule has 2 aromatic rings. The number of hydrogen-bond donors (Lipinski definition) is 1. The lowest BCUT2D eigenvalue weighted by Gasteiger charge is -2.31. The first-order valence-electron chi connectivity index (χ1n) is 11.1. The number of likely N-dealkylation sites (tertiary alicyclic amines) is 1. The van der Waals surface area contributed by atoms with Crippen LogP contribution in [0.5, 0.6) is 23.0 Å². The average Bonchev–Trinajstić information content (AvgIpc) is 3.41. The van der Waals surface area contributed by atoms with Crippen molar-refractivity contribution in [2.24, 2.45) is 5.92 Å². The van der Waals surface area contributed by atoms with E-state index in [1.165, 1.54) is 6.07 Å². The van der Waals surface area contributed by atoms with Gasteiger partial charge in [0, 0.05) is 6.54 Å². The van der Waals surface area contributed by atoms with Crippen molar-refractivity contribution >= 4 is 17.8 Å². The summed E-state index contributed by atoms with van der Waals surface area (Å²) in [5.41, 5.74) is 1.75. The van der Waals surface area contributed by atoms with Gasteiger partial charge in [0.1, 0.15) is 11.5 Å². The summed E-state index contributed by atoms with van der Waals surface area (Å²) in [4.78, 5) is 27.1. The number of hydrogen-bond acceptors (Lipinski definition) is 8. The molecule has 33 heavy (non-hydrogen) atoms. The number of phenolic OH excluding ortho intramolecular Hbond substituents is 1. The maximum absolute atomic E-state index is 13.0. The van der Waals surface area contributed by atoms with Crippen LogP contribution in [0, 0.1) is 5.92 Å². The van der Waals surface area contributed by atoms with Gasteiger partial charge in [-0.1, -0.05) is 6.07 Å². The molecule has 3 aliphatic rings. The topological polar surface area (TPSA) is 94.5 Å². The number of phenols is 1. The van der Waals surface area contributed by atoms with E-state index >= 15 is 0 Å². The molecule has 1 N–H and O–H groups in total. The van der Waals surface area contributed by atoms with Crippen LogP contribution >= 0.6 is 0 Å². The molecule has 8 nitrogen and oxygen atoms in total. The van der Waals surface area contributed by atoms with Crippen LogP contribution in [-0.2, 0) is 16.1 Å². The van der Waals surface area contributed by atoms with E-state index in [0.717, 1.165) is 5.56 Å². The molecule has 0 unspecified atom stereocenters. The zero-order chi connectivity index (χ0) is 22.9. The molecule has 172 valence electrons. The van der Waals surface area contributed by atoms with Gasteiger partial charge in [0.15, 0.2) is 17.3 Å². The van der Waals surface area contributed by atoms with E-state index in [9.17, 15) is 14.7 Å². The molecule has 3 aliphatic heterocycles. The number of benzene rings is 2. The Morgan fingerprint density at radius 1 is 1.18 bits per heavy atom. The molecular weight excluding hydrogens is 426 g/mol.